The van der Waals surface area contributed by atoms with Gasteiger partial charge >= 0.3 is 0 Å². The summed E-state index contributed by atoms with van der Waals surface area (Å²) in [7, 11) is 1.93. The van der Waals surface area contributed by atoms with E-state index in [1.807, 2.05) is 20.9 Å². The molecule has 1 atom stereocenters. The molecule has 1 aromatic heterocycles. The van der Waals surface area contributed by atoms with Crippen molar-refractivity contribution in [2.45, 2.75) is 26.7 Å². The van der Waals surface area contributed by atoms with Crippen LogP contribution >= 0.6 is 11.6 Å². The van der Waals surface area contributed by atoms with Gasteiger partial charge in [0.1, 0.15) is 5.82 Å². The van der Waals surface area contributed by atoms with E-state index in [1.165, 1.54) is 11.6 Å². The third-order valence-electron chi connectivity index (χ3n) is 3.50. The summed E-state index contributed by atoms with van der Waals surface area (Å²) in [6.07, 6.45) is 0. The highest BCUT2D eigenvalue weighted by atomic mass is 35.5. The predicted octanol–water partition coefficient (Wildman–Crippen LogP) is 3.60. The predicted molar refractivity (Wildman–Crippen MR) is 80.3 cm³/mol. The maximum Gasteiger partial charge on any atom is 0.143 e. The Kier molecular flexibility index (Phi) is 4.45. The quantitative estimate of drug-likeness (QED) is 0.934. The molecule has 2 aromatic rings. The zero-order valence-electron chi connectivity index (χ0n) is 12.2. The monoisotopic (exact) mass is 295 g/mol. The number of likely N-dealkylation sites (N-methyl/N-ethyl adjacent to an activating group) is 1. The molecule has 0 radical (unpaired) electrons. The molecule has 0 aliphatic heterocycles. The summed E-state index contributed by atoms with van der Waals surface area (Å²) in [5, 5.41) is 7.83. The molecule has 1 unspecified atom stereocenters. The second-order valence-corrected chi connectivity index (χ2v) is 5.46. The molecule has 1 heterocycles. The standard InChI is InChI=1S/C15H19ClFN3/c1-9(8-18-4)15-10(2)19-20(11(15)3)12-5-6-13(16)14(17)7-12/h5-7,9,18H,8H2,1-4H3. The van der Waals surface area contributed by atoms with Crippen molar-refractivity contribution >= 4 is 11.6 Å². The lowest BCUT2D eigenvalue weighted by molar-refractivity contribution is 0.625. The van der Waals surface area contributed by atoms with Gasteiger partial charge in [0.15, 0.2) is 0 Å². The fourth-order valence-electron chi connectivity index (χ4n) is 2.64. The first kappa shape index (κ1) is 15.0. The molecule has 0 aliphatic rings. The summed E-state index contributed by atoms with van der Waals surface area (Å²) in [5.74, 6) is -0.0764. The topological polar surface area (TPSA) is 29.9 Å². The zero-order chi connectivity index (χ0) is 14.9. The molecule has 3 nitrogen and oxygen atoms in total. The summed E-state index contributed by atoms with van der Waals surface area (Å²) in [4.78, 5) is 0. The molecular weight excluding hydrogens is 277 g/mol. The molecule has 2 rings (SSSR count). The minimum absolute atomic E-state index is 0.124. The van der Waals surface area contributed by atoms with E-state index in [9.17, 15) is 4.39 Å². The van der Waals surface area contributed by atoms with E-state index >= 15 is 0 Å². The number of halogens is 2. The van der Waals surface area contributed by atoms with E-state index in [1.54, 1.807) is 16.8 Å². The normalized spacial score (nSPS) is 12.7. The first-order valence-electron chi connectivity index (χ1n) is 6.61. The molecule has 0 bridgehead atoms. The third-order valence-corrected chi connectivity index (χ3v) is 3.80. The van der Waals surface area contributed by atoms with Crippen molar-refractivity contribution in [3.63, 3.8) is 0 Å². The van der Waals surface area contributed by atoms with Crippen LogP contribution < -0.4 is 5.32 Å². The number of aryl methyl sites for hydroxylation is 1. The highest BCUT2D eigenvalue weighted by Crippen LogP contribution is 2.26. The Hall–Kier alpha value is -1.39. The van der Waals surface area contributed by atoms with Crippen LogP contribution in [0.3, 0.4) is 0 Å². The maximum absolute atomic E-state index is 13.6. The van der Waals surface area contributed by atoms with Gasteiger partial charge in [-0.05, 0) is 38.9 Å². The summed E-state index contributed by atoms with van der Waals surface area (Å²) in [6, 6.07) is 4.74. The number of aromatic nitrogens is 2. The second-order valence-electron chi connectivity index (χ2n) is 5.05. The highest BCUT2D eigenvalue weighted by Gasteiger charge is 2.18. The molecule has 0 saturated heterocycles. The number of nitrogens with one attached hydrogen (secondary N) is 1. The molecule has 5 heteroatoms. The van der Waals surface area contributed by atoms with Gasteiger partial charge in [-0.25, -0.2) is 9.07 Å². The van der Waals surface area contributed by atoms with Gasteiger partial charge in [0.05, 0.1) is 16.4 Å². The van der Waals surface area contributed by atoms with E-state index in [-0.39, 0.29) is 5.02 Å². The van der Waals surface area contributed by atoms with E-state index < -0.39 is 5.82 Å². The minimum Gasteiger partial charge on any atom is -0.319 e. The molecule has 0 aliphatic carbocycles. The van der Waals surface area contributed by atoms with Crippen LogP contribution in [-0.2, 0) is 0 Å². The number of rotatable bonds is 4. The van der Waals surface area contributed by atoms with Crippen LogP contribution in [0.25, 0.3) is 5.69 Å². The van der Waals surface area contributed by atoms with Crippen LogP contribution in [0.2, 0.25) is 5.02 Å². The number of benzene rings is 1. The van der Waals surface area contributed by atoms with Crippen molar-refractivity contribution in [2.24, 2.45) is 0 Å². The van der Waals surface area contributed by atoms with Gasteiger partial charge in [0, 0.05) is 23.9 Å². The van der Waals surface area contributed by atoms with E-state index in [4.69, 9.17) is 11.6 Å². The summed E-state index contributed by atoms with van der Waals surface area (Å²) in [5.41, 5.74) is 3.90. The smallest absolute Gasteiger partial charge is 0.143 e. The lowest BCUT2D eigenvalue weighted by Gasteiger charge is -2.12. The summed E-state index contributed by atoms with van der Waals surface area (Å²) >= 11 is 5.72. The van der Waals surface area contributed by atoms with Crippen molar-refractivity contribution in [3.05, 3.63) is 46.0 Å². The first-order chi connectivity index (χ1) is 9.45. The summed E-state index contributed by atoms with van der Waals surface area (Å²) < 4.78 is 15.4. The average Bonchev–Trinajstić information content (AvgIpc) is 2.68. The fraction of sp³-hybridized carbons (Fsp3) is 0.400. The van der Waals surface area contributed by atoms with Crippen LogP contribution in [0.4, 0.5) is 4.39 Å². The van der Waals surface area contributed by atoms with Gasteiger partial charge in [0.2, 0.25) is 0 Å². The lowest BCUT2D eigenvalue weighted by atomic mass is 9.99. The Morgan fingerprint density at radius 2 is 2.10 bits per heavy atom. The van der Waals surface area contributed by atoms with E-state index in [0.717, 1.165) is 17.9 Å². The molecule has 0 amide bonds. The van der Waals surface area contributed by atoms with Gasteiger partial charge in [-0.2, -0.15) is 5.10 Å². The summed E-state index contributed by atoms with van der Waals surface area (Å²) in [6.45, 7) is 7.02. The fourth-order valence-corrected chi connectivity index (χ4v) is 2.76. The number of hydrogen-bond acceptors (Lipinski definition) is 2. The second kappa shape index (κ2) is 5.94. The molecule has 108 valence electrons. The van der Waals surface area contributed by atoms with Gasteiger partial charge in [0.25, 0.3) is 0 Å². The SMILES string of the molecule is CNCC(C)c1c(C)nn(-c2ccc(Cl)c(F)c2)c1C. The minimum atomic E-state index is -0.429. The Balaban J connectivity index is 2.48. The molecular formula is C15H19ClFN3. The van der Waals surface area contributed by atoms with Crippen molar-refractivity contribution in [3.8, 4) is 5.69 Å². The van der Waals surface area contributed by atoms with Crippen molar-refractivity contribution in [1.29, 1.82) is 0 Å². The lowest BCUT2D eigenvalue weighted by Crippen LogP contribution is -2.15. The highest BCUT2D eigenvalue weighted by molar-refractivity contribution is 6.30. The Morgan fingerprint density at radius 3 is 2.70 bits per heavy atom. The van der Waals surface area contributed by atoms with Crippen molar-refractivity contribution in [1.82, 2.24) is 15.1 Å². The van der Waals surface area contributed by atoms with Gasteiger partial charge < -0.3 is 5.32 Å². The molecule has 0 saturated carbocycles. The molecule has 1 aromatic carbocycles. The molecule has 1 N–H and O–H groups in total. The van der Waals surface area contributed by atoms with Gasteiger partial charge in [-0.15, -0.1) is 0 Å². The largest absolute Gasteiger partial charge is 0.319 e. The van der Waals surface area contributed by atoms with Crippen LogP contribution in [0, 0.1) is 19.7 Å². The zero-order valence-corrected chi connectivity index (χ0v) is 12.9. The molecule has 0 spiro atoms. The van der Waals surface area contributed by atoms with Crippen molar-refractivity contribution in [2.75, 3.05) is 13.6 Å². The number of nitrogens with zero attached hydrogens (tertiary/aromatic N) is 2. The van der Waals surface area contributed by atoms with Gasteiger partial charge in [-0.1, -0.05) is 18.5 Å². The average molecular weight is 296 g/mol. The maximum atomic E-state index is 13.6. The molecule has 0 fully saturated rings. The van der Waals surface area contributed by atoms with Crippen LogP contribution in [-0.4, -0.2) is 23.4 Å². The number of hydrogen-bond donors (Lipinski definition) is 1. The van der Waals surface area contributed by atoms with Crippen molar-refractivity contribution < 1.29 is 4.39 Å². The first-order valence-corrected chi connectivity index (χ1v) is 6.99. The van der Waals surface area contributed by atoms with Gasteiger partial charge in [-0.3, -0.25) is 0 Å². The van der Waals surface area contributed by atoms with E-state index in [0.29, 0.717) is 11.6 Å². The van der Waals surface area contributed by atoms with Crippen LogP contribution in [0.1, 0.15) is 29.8 Å². The third kappa shape index (κ3) is 2.72. The molecule has 20 heavy (non-hydrogen) atoms. The van der Waals surface area contributed by atoms with E-state index in [2.05, 4.69) is 17.3 Å². The Bertz CT molecular complexity index is 622. The Labute approximate surface area is 123 Å². The van der Waals surface area contributed by atoms with Crippen LogP contribution in [0.5, 0.6) is 0 Å². The van der Waals surface area contributed by atoms with Crippen LogP contribution in [0.15, 0.2) is 18.2 Å². The Morgan fingerprint density at radius 1 is 1.40 bits per heavy atom.